The number of amides is 1. The molecule has 5 nitrogen and oxygen atoms in total. The summed E-state index contributed by atoms with van der Waals surface area (Å²) in [4.78, 5) is 14.7. The van der Waals surface area contributed by atoms with E-state index in [0.29, 0.717) is 17.8 Å². The zero-order valence-electron chi connectivity index (χ0n) is 15.9. The Kier molecular flexibility index (Phi) is 5.85. The summed E-state index contributed by atoms with van der Waals surface area (Å²) in [6.45, 7) is 5.53. The maximum absolute atomic E-state index is 13.2. The number of sulfonamides is 1. The van der Waals surface area contributed by atoms with Crippen LogP contribution in [0.5, 0.6) is 0 Å². The van der Waals surface area contributed by atoms with E-state index in [1.165, 1.54) is 10.4 Å². The van der Waals surface area contributed by atoms with Crippen molar-refractivity contribution >= 4 is 21.6 Å². The topological polar surface area (TPSA) is 57.7 Å². The van der Waals surface area contributed by atoms with Crippen LogP contribution in [-0.2, 0) is 10.0 Å². The highest BCUT2D eigenvalue weighted by atomic mass is 32.2. The average Bonchev–Trinajstić information content (AvgIpc) is 2.68. The first-order valence-corrected chi connectivity index (χ1v) is 10.9. The predicted molar refractivity (Wildman–Crippen MR) is 108 cm³/mol. The number of anilines is 1. The third kappa shape index (κ3) is 4.16. The van der Waals surface area contributed by atoms with Crippen LogP contribution in [0.3, 0.4) is 0 Å². The monoisotopic (exact) mass is 386 g/mol. The second-order valence-electron chi connectivity index (χ2n) is 6.89. The van der Waals surface area contributed by atoms with Gasteiger partial charge in [0.25, 0.3) is 15.9 Å². The molecule has 2 aromatic rings. The number of carbonyl (C=O) groups excluding carboxylic acids is 1. The third-order valence-corrected chi connectivity index (χ3v) is 6.79. The van der Waals surface area contributed by atoms with Gasteiger partial charge in [0, 0.05) is 25.2 Å². The predicted octanol–water partition coefficient (Wildman–Crippen LogP) is 3.84. The van der Waals surface area contributed by atoms with Gasteiger partial charge in [-0.3, -0.25) is 9.10 Å². The summed E-state index contributed by atoms with van der Waals surface area (Å²) in [6, 6.07) is 13.8. The Morgan fingerprint density at radius 2 is 1.74 bits per heavy atom. The summed E-state index contributed by atoms with van der Waals surface area (Å²) in [6.07, 6.45) is 3.14. The first-order valence-electron chi connectivity index (χ1n) is 9.42. The van der Waals surface area contributed by atoms with Crippen molar-refractivity contribution in [2.45, 2.75) is 38.0 Å². The van der Waals surface area contributed by atoms with Crippen molar-refractivity contribution in [3.63, 3.8) is 0 Å². The smallest absolute Gasteiger partial charge is 0.264 e. The Hall–Kier alpha value is -2.34. The fraction of sp³-hybridized carbons (Fsp3) is 0.381. The van der Waals surface area contributed by atoms with E-state index in [-0.39, 0.29) is 10.8 Å². The Bertz CT molecular complexity index is 919. The molecule has 3 rings (SSSR count). The molecule has 2 aromatic carbocycles. The van der Waals surface area contributed by atoms with E-state index in [0.717, 1.165) is 37.9 Å². The Morgan fingerprint density at radius 3 is 2.41 bits per heavy atom. The highest BCUT2D eigenvalue weighted by Gasteiger charge is 2.26. The summed E-state index contributed by atoms with van der Waals surface area (Å²) < 4.78 is 27.8. The molecule has 1 aliphatic rings. The minimum atomic E-state index is -3.75. The maximum Gasteiger partial charge on any atom is 0.264 e. The van der Waals surface area contributed by atoms with Gasteiger partial charge in [0.05, 0.1) is 10.6 Å². The molecule has 1 amide bonds. The van der Waals surface area contributed by atoms with E-state index in [4.69, 9.17) is 0 Å². The second kappa shape index (κ2) is 8.13. The zero-order chi connectivity index (χ0) is 19.4. The summed E-state index contributed by atoms with van der Waals surface area (Å²) in [5.41, 5.74) is 2.05. The molecule has 0 aromatic heterocycles. The van der Waals surface area contributed by atoms with Gasteiger partial charge in [-0.2, -0.15) is 0 Å². The Balaban J connectivity index is 1.93. The Labute approximate surface area is 161 Å². The number of benzene rings is 2. The van der Waals surface area contributed by atoms with E-state index in [9.17, 15) is 13.2 Å². The molecular formula is C21H26N2O3S. The van der Waals surface area contributed by atoms with Gasteiger partial charge < -0.3 is 4.90 Å². The van der Waals surface area contributed by atoms with Gasteiger partial charge in [-0.1, -0.05) is 18.2 Å². The molecule has 144 valence electrons. The van der Waals surface area contributed by atoms with E-state index in [2.05, 4.69) is 0 Å². The molecule has 0 saturated carbocycles. The highest BCUT2D eigenvalue weighted by Crippen LogP contribution is 2.25. The zero-order valence-corrected chi connectivity index (χ0v) is 16.7. The standard InChI is InChI=1S/C21H26N2O3S/c1-3-23(19-11-7-9-17(2)15-19)27(25,26)20-12-8-10-18(16-20)21(24)22-13-5-4-6-14-22/h7-12,15-16H,3-6,13-14H2,1-2H3. The number of piperidine rings is 1. The van der Waals surface area contributed by atoms with Gasteiger partial charge in [0.15, 0.2) is 0 Å². The van der Waals surface area contributed by atoms with Gasteiger partial charge in [-0.15, -0.1) is 0 Å². The molecule has 0 bridgehead atoms. The quantitative estimate of drug-likeness (QED) is 0.785. The van der Waals surface area contributed by atoms with Gasteiger partial charge >= 0.3 is 0 Å². The highest BCUT2D eigenvalue weighted by molar-refractivity contribution is 7.92. The number of nitrogens with zero attached hydrogens (tertiary/aromatic N) is 2. The van der Waals surface area contributed by atoms with Gasteiger partial charge in [0.2, 0.25) is 0 Å². The minimum absolute atomic E-state index is 0.0923. The Morgan fingerprint density at radius 1 is 1.04 bits per heavy atom. The molecule has 1 aliphatic heterocycles. The summed E-state index contributed by atoms with van der Waals surface area (Å²) >= 11 is 0. The van der Waals surface area contributed by atoms with Crippen LogP contribution in [0, 0.1) is 6.92 Å². The van der Waals surface area contributed by atoms with Gasteiger partial charge in [-0.25, -0.2) is 8.42 Å². The lowest BCUT2D eigenvalue weighted by Crippen LogP contribution is -2.36. The van der Waals surface area contributed by atoms with Crippen LogP contribution in [0.4, 0.5) is 5.69 Å². The molecule has 0 atom stereocenters. The number of aryl methyl sites for hydroxylation is 1. The van der Waals surface area contributed by atoms with Crippen molar-refractivity contribution in [3.05, 3.63) is 59.7 Å². The van der Waals surface area contributed by atoms with Crippen molar-refractivity contribution in [1.82, 2.24) is 4.90 Å². The molecular weight excluding hydrogens is 360 g/mol. The number of likely N-dealkylation sites (tertiary alicyclic amines) is 1. The molecule has 0 N–H and O–H groups in total. The van der Waals surface area contributed by atoms with Crippen LogP contribution in [0.1, 0.15) is 42.1 Å². The molecule has 0 radical (unpaired) electrons. The summed E-state index contributed by atoms with van der Waals surface area (Å²) in [7, 11) is -3.75. The number of hydrogen-bond acceptors (Lipinski definition) is 3. The molecule has 0 spiro atoms. The first kappa shape index (κ1) is 19.4. The van der Waals surface area contributed by atoms with Crippen LogP contribution in [-0.4, -0.2) is 38.9 Å². The van der Waals surface area contributed by atoms with Crippen LogP contribution >= 0.6 is 0 Å². The van der Waals surface area contributed by atoms with Crippen molar-refractivity contribution in [1.29, 1.82) is 0 Å². The maximum atomic E-state index is 13.2. The molecule has 1 saturated heterocycles. The van der Waals surface area contributed by atoms with E-state index >= 15 is 0 Å². The molecule has 27 heavy (non-hydrogen) atoms. The largest absolute Gasteiger partial charge is 0.339 e. The third-order valence-electron chi connectivity index (χ3n) is 4.89. The van der Waals surface area contributed by atoms with Crippen LogP contribution in [0.25, 0.3) is 0 Å². The molecule has 1 fully saturated rings. The first-order chi connectivity index (χ1) is 12.9. The van der Waals surface area contributed by atoms with Crippen molar-refractivity contribution < 1.29 is 13.2 Å². The SMILES string of the molecule is CCN(c1cccc(C)c1)S(=O)(=O)c1cccc(C(=O)N2CCCCC2)c1. The number of carbonyl (C=O) groups is 1. The molecule has 6 heteroatoms. The fourth-order valence-electron chi connectivity index (χ4n) is 3.47. The summed E-state index contributed by atoms with van der Waals surface area (Å²) in [5, 5.41) is 0. The van der Waals surface area contributed by atoms with Gasteiger partial charge in [-0.05, 0) is 69.0 Å². The average molecular weight is 387 g/mol. The van der Waals surface area contributed by atoms with Crippen LogP contribution < -0.4 is 4.31 Å². The lowest BCUT2D eigenvalue weighted by molar-refractivity contribution is 0.0724. The van der Waals surface area contributed by atoms with E-state index in [1.807, 2.05) is 36.9 Å². The van der Waals surface area contributed by atoms with Crippen LogP contribution in [0.2, 0.25) is 0 Å². The molecule has 1 heterocycles. The molecule has 0 aliphatic carbocycles. The van der Waals surface area contributed by atoms with E-state index < -0.39 is 10.0 Å². The minimum Gasteiger partial charge on any atom is -0.339 e. The van der Waals surface area contributed by atoms with Crippen molar-refractivity contribution in [2.24, 2.45) is 0 Å². The fourth-order valence-corrected chi connectivity index (χ4v) is 4.98. The lowest BCUT2D eigenvalue weighted by Gasteiger charge is -2.27. The van der Waals surface area contributed by atoms with Crippen LogP contribution in [0.15, 0.2) is 53.4 Å². The van der Waals surface area contributed by atoms with E-state index in [1.54, 1.807) is 24.3 Å². The lowest BCUT2D eigenvalue weighted by atomic mass is 10.1. The number of rotatable bonds is 5. The van der Waals surface area contributed by atoms with Crippen molar-refractivity contribution in [2.75, 3.05) is 23.9 Å². The normalized spacial score (nSPS) is 14.8. The number of hydrogen-bond donors (Lipinski definition) is 0. The molecule has 0 unspecified atom stereocenters. The second-order valence-corrected chi connectivity index (χ2v) is 8.75. The van der Waals surface area contributed by atoms with Crippen molar-refractivity contribution in [3.8, 4) is 0 Å². The van der Waals surface area contributed by atoms with Gasteiger partial charge in [0.1, 0.15) is 0 Å². The summed E-state index contributed by atoms with van der Waals surface area (Å²) in [5.74, 6) is -0.0923.